The lowest BCUT2D eigenvalue weighted by molar-refractivity contribution is -0.134. The van der Waals surface area contributed by atoms with Gasteiger partial charge in [-0.15, -0.1) is 11.6 Å². The second-order valence-electron chi connectivity index (χ2n) is 6.35. The van der Waals surface area contributed by atoms with Gasteiger partial charge in [-0.1, -0.05) is 58.4 Å². The normalized spacial score (nSPS) is 15.0. The van der Waals surface area contributed by atoms with Gasteiger partial charge in [-0.05, 0) is 41.5 Å². The van der Waals surface area contributed by atoms with E-state index in [0.29, 0.717) is 16.9 Å². The predicted octanol–water partition coefficient (Wildman–Crippen LogP) is 5.95. The van der Waals surface area contributed by atoms with Crippen molar-refractivity contribution in [2.45, 2.75) is 5.38 Å². The van der Waals surface area contributed by atoms with Crippen molar-refractivity contribution in [3.05, 3.63) is 99.7 Å². The molecule has 1 unspecified atom stereocenters. The number of carbonyl (C=O) groups is 2. The van der Waals surface area contributed by atoms with Crippen molar-refractivity contribution in [1.29, 1.82) is 0 Å². The van der Waals surface area contributed by atoms with E-state index in [-0.39, 0.29) is 17.3 Å². The summed E-state index contributed by atoms with van der Waals surface area (Å²) in [6.07, 6.45) is 1.67. The number of hydrogen-bond donors (Lipinski definition) is 0. The lowest BCUT2D eigenvalue weighted by Crippen LogP contribution is -2.14. The first-order valence-corrected chi connectivity index (χ1v) is 9.99. The van der Waals surface area contributed by atoms with Gasteiger partial charge in [-0.25, -0.2) is 4.79 Å². The second kappa shape index (κ2) is 8.23. The number of Topliss-reactive ketones (excluding diaryl/α,β-unsaturated/α-hetero) is 1. The van der Waals surface area contributed by atoms with E-state index in [4.69, 9.17) is 21.1 Å². The van der Waals surface area contributed by atoms with E-state index in [1.54, 1.807) is 42.5 Å². The molecule has 1 aliphatic heterocycles. The van der Waals surface area contributed by atoms with Crippen molar-refractivity contribution in [3.8, 4) is 11.5 Å². The lowest BCUT2D eigenvalue weighted by Gasteiger charge is -2.10. The summed E-state index contributed by atoms with van der Waals surface area (Å²) in [7, 11) is 0. The molecule has 0 saturated heterocycles. The summed E-state index contributed by atoms with van der Waals surface area (Å²) in [5, 5.41) is -0.931. The van der Waals surface area contributed by atoms with Gasteiger partial charge >= 0.3 is 5.97 Å². The maximum atomic E-state index is 12.6. The highest BCUT2D eigenvalue weighted by Crippen LogP contribution is 2.35. The van der Waals surface area contributed by atoms with Gasteiger partial charge in [-0.3, -0.25) is 4.79 Å². The molecule has 0 saturated carbocycles. The number of halogens is 2. The van der Waals surface area contributed by atoms with Gasteiger partial charge in [0.2, 0.25) is 5.78 Å². The summed E-state index contributed by atoms with van der Waals surface area (Å²) in [5.74, 6) is -0.0234. The minimum atomic E-state index is -0.931. The second-order valence-corrected chi connectivity index (χ2v) is 7.70. The van der Waals surface area contributed by atoms with Gasteiger partial charge < -0.3 is 9.47 Å². The van der Waals surface area contributed by atoms with Crippen LogP contribution in [0.15, 0.2) is 83.0 Å². The van der Waals surface area contributed by atoms with E-state index in [0.717, 1.165) is 10.0 Å². The van der Waals surface area contributed by atoms with E-state index < -0.39 is 11.3 Å². The largest absolute Gasteiger partial charge is 0.452 e. The molecule has 4 rings (SSSR count). The Morgan fingerprint density at radius 3 is 2.59 bits per heavy atom. The Morgan fingerprint density at radius 1 is 1.03 bits per heavy atom. The Bertz CT molecular complexity index is 1120. The van der Waals surface area contributed by atoms with Gasteiger partial charge in [0.05, 0.1) is 5.56 Å². The zero-order chi connectivity index (χ0) is 20.4. The molecule has 0 aromatic heterocycles. The highest BCUT2D eigenvalue weighted by molar-refractivity contribution is 9.10. The first-order chi connectivity index (χ1) is 14.0. The zero-order valence-electron chi connectivity index (χ0n) is 15.0. The van der Waals surface area contributed by atoms with Gasteiger partial charge in [0.25, 0.3) is 0 Å². The van der Waals surface area contributed by atoms with Crippen LogP contribution in [0.1, 0.15) is 26.9 Å². The van der Waals surface area contributed by atoms with E-state index in [9.17, 15) is 9.59 Å². The quantitative estimate of drug-likeness (QED) is 0.205. The smallest absolute Gasteiger partial charge is 0.334 e. The summed E-state index contributed by atoms with van der Waals surface area (Å²) in [6.45, 7) is 0. The third-order valence-corrected chi connectivity index (χ3v) is 5.23. The topological polar surface area (TPSA) is 52.6 Å². The number of fused-ring (bicyclic) bond motifs is 1. The zero-order valence-corrected chi connectivity index (χ0v) is 17.3. The van der Waals surface area contributed by atoms with Gasteiger partial charge in [0.15, 0.2) is 11.1 Å². The molecule has 0 N–H and O–H groups in total. The minimum Gasteiger partial charge on any atom is -0.452 e. The molecule has 4 nitrogen and oxygen atoms in total. The van der Waals surface area contributed by atoms with Gasteiger partial charge in [0.1, 0.15) is 11.5 Å². The Morgan fingerprint density at radius 2 is 1.83 bits per heavy atom. The standard InChI is InChI=1S/C23H14BrClO4/c24-16-8-4-5-14(11-16)12-20-22(26)18-10-9-17(13-19(18)29-20)28-23(27)21(25)15-6-2-1-3-7-15/h1-13,21H/b20-12-. The summed E-state index contributed by atoms with van der Waals surface area (Å²) in [4.78, 5) is 24.9. The highest BCUT2D eigenvalue weighted by atomic mass is 79.9. The van der Waals surface area contributed by atoms with Crippen molar-refractivity contribution in [2.75, 3.05) is 0 Å². The van der Waals surface area contributed by atoms with Crippen LogP contribution < -0.4 is 9.47 Å². The van der Waals surface area contributed by atoms with Gasteiger partial charge in [0, 0.05) is 10.5 Å². The van der Waals surface area contributed by atoms with Crippen LogP contribution in [-0.4, -0.2) is 11.8 Å². The van der Waals surface area contributed by atoms with Crippen molar-refractivity contribution < 1.29 is 19.1 Å². The Balaban J connectivity index is 1.52. The number of rotatable bonds is 4. The maximum absolute atomic E-state index is 12.6. The average molecular weight is 470 g/mol. The number of carbonyl (C=O) groups excluding carboxylic acids is 2. The van der Waals surface area contributed by atoms with E-state index in [2.05, 4.69) is 15.9 Å². The molecule has 0 bridgehead atoms. The molecule has 0 amide bonds. The third-order valence-electron chi connectivity index (χ3n) is 4.31. The molecule has 6 heteroatoms. The molecule has 3 aromatic carbocycles. The molecule has 0 spiro atoms. The molecule has 144 valence electrons. The van der Waals surface area contributed by atoms with E-state index in [1.165, 1.54) is 6.07 Å². The van der Waals surface area contributed by atoms with Crippen molar-refractivity contribution in [3.63, 3.8) is 0 Å². The third kappa shape index (κ3) is 4.26. The van der Waals surface area contributed by atoms with Crippen LogP contribution in [0.2, 0.25) is 0 Å². The number of benzene rings is 3. The van der Waals surface area contributed by atoms with Crippen molar-refractivity contribution in [1.82, 2.24) is 0 Å². The predicted molar refractivity (Wildman–Crippen MR) is 114 cm³/mol. The van der Waals surface area contributed by atoms with Crippen LogP contribution in [0.4, 0.5) is 0 Å². The molecular weight excluding hydrogens is 456 g/mol. The Kier molecular flexibility index (Phi) is 5.51. The van der Waals surface area contributed by atoms with Crippen LogP contribution >= 0.6 is 27.5 Å². The van der Waals surface area contributed by atoms with Crippen LogP contribution in [0.3, 0.4) is 0 Å². The highest BCUT2D eigenvalue weighted by Gasteiger charge is 2.28. The Hall–Kier alpha value is -2.89. The average Bonchev–Trinajstić information content (AvgIpc) is 3.03. The number of hydrogen-bond acceptors (Lipinski definition) is 4. The molecule has 3 aromatic rings. The molecule has 0 radical (unpaired) electrons. The van der Waals surface area contributed by atoms with Crippen molar-refractivity contribution in [2.24, 2.45) is 0 Å². The molecule has 1 aliphatic rings. The monoisotopic (exact) mass is 468 g/mol. The molecular formula is C23H14BrClO4. The molecule has 1 atom stereocenters. The van der Waals surface area contributed by atoms with Crippen LogP contribution in [0.25, 0.3) is 6.08 Å². The number of alkyl halides is 1. The fourth-order valence-corrected chi connectivity index (χ4v) is 3.51. The van der Waals surface area contributed by atoms with E-state index >= 15 is 0 Å². The fraction of sp³-hybridized carbons (Fsp3) is 0.0435. The fourth-order valence-electron chi connectivity index (χ4n) is 2.90. The summed E-state index contributed by atoms with van der Waals surface area (Å²) < 4.78 is 12.0. The molecule has 0 aliphatic carbocycles. The van der Waals surface area contributed by atoms with Gasteiger partial charge in [-0.2, -0.15) is 0 Å². The molecule has 1 heterocycles. The minimum absolute atomic E-state index is 0.209. The number of esters is 1. The van der Waals surface area contributed by atoms with Crippen LogP contribution in [-0.2, 0) is 4.79 Å². The van der Waals surface area contributed by atoms with Crippen molar-refractivity contribution >= 4 is 45.4 Å². The summed E-state index contributed by atoms with van der Waals surface area (Å²) in [6, 6.07) is 21.1. The van der Waals surface area contributed by atoms with E-state index in [1.807, 2.05) is 30.3 Å². The lowest BCUT2D eigenvalue weighted by atomic mass is 10.1. The number of ether oxygens (including phenoxy) is 2. The number of allylic oxidation sites excluding steroid dienone is 1. The molecule has 29 heavy (non-hydrogen) atoms. The maximum Gasteiger partial charge on any atom is 0.334 e. The summed E-state index contributed by atoms with van der Waals surface area (Å²) in [5.41, 5.74) is 1.89. The molecule has 0 fully saturated rings. The SMILES string of the molecule is O=C1/C(=C/c2cccc(Br)c2)Oc2cc(OC(=O)C(Cl)c3ccccc3)ccc21. The first kappa shape index (κ1) is 19.4. The van der Waals surface area contributed by atoms with Crippen LogP contribution in [0, 0.1) is 0 Å². The number of ketones is 1. The summed E-state index contributed by atoms with van der Waals surface area (Å²) >= 11 is 9.60. The van der Waals surface area contributed by atoms with Crippen LogP contribution in [0.5, 0.6) is 11.5 Å². The first-order valence-electron chi connectivity index (χ1n) is 8.76. The Labute approximate surface area is 180 Å².